The van der Waals surface area contributed by atoms with Gasteiger partial charge in [-0.25, -0.2) is 13.1 Å². The van der Waals surface area contributed by atoms with Gasteiger partial charge in [0, 0.05) is 37.0 Å². The number of sulfonamides is 1. The molecule has 2 fully saturated rings. The molecule has 2 aliphatic rings. The number of carbonyl (C=O) groups is 2. The van der Waals surface area contributed by atoms with Crippen LogP contribution in [0.3, 0.4) is 0 Å². The van der Waals surface area contributed by atoms with Gasteiger partial charge in [-0.1, -0.05) is 54.3 Å². The van der Waals surface area contributed by atoms with Gasteiger partial charge in [0.2, 0.25) is 10.0 Å². The lowest BCUT2D eigenvalue weighted by Crippen LogP contribution is -2.30. The van der Waals surface area contributed by atoms with Crippen molar-refractivity contribution < 1.29 is 23.1 Å². The molecule has 3 heterocycles. The molecule has 1 aromatic heterocycles. The van der Waals surface area contributed by atoms with Gasteiger partial charge in [-0.15, -0.1) is 0 Å². The van der Waals surface area contributed by atoms with Gasteiger partial charge in [0.1, 0.15) is 10.0 Å². The van der Waals surface area contributed by atoms with Gasteiger partial charge in [-0.3, -0.25) is 14.5 Å². The molecule has 1 N–H and O–H groups in total. The zero-order chi connectivity index (χ0) is 26.9. The number of amides is 1. The van der Waals surface area contributed by atoms with E-state index in [1.165, 1.54) is 9.21 Å². The Morgan fingerprint density at radius 3 is 2.55 bits per heavy atom. The molecule has 0 aliphatic carbocycles. The Kier molecular flexibility index (Phi) is 7.48. The zero-order valence-corrected chi connectivity index (χ0v) is 22.6. The van der Waals surface area contributed by atoms with Crippen LogP contribution in [0.15, 0.2) is 70.6 Å². The Morgan fingerprint density at radius 1 is 1.11 bits per heavy atom. The van der Waals surface area contributed by atoms with Gasteiger partial charge >= 0.3 is 5.97 Å². The minimum absolute atomic E-state index is 0.0100. The highest BCUT2D eigenvalue weighted by Gasteiger charge is 2.33. The highest BCUT2D eigenvalue weighted by Crippen LogP contribution is 2.35. The minimum Gasteiger partial charge on any atom is -0.481 e. The van der Waals surface area contributed by atoms with Crippen LogP contribution in [-0.2, 0) is 19.6 Å². The van der Waals surface area contributed by atoms with E-state index >= 15 is 0 Å². The van der Waals surface area contributed by atoms with E-state index < -0.39 is 16.0 Å². The van der Waals surface area contributed by atoms with Crippen molar-refractivity contribution in [2.24, 2.45) is 0 Å². The van der Waals surface area contributed by atoms with Crippen molar-refractivity contribution in [3.05, 3.63) is 71.3 Å². The Hall–Kier alpha value is -3.32. The van der Waals surface area contributed by atoms with E-state index in [2.05, 4.69) is 0 Å². The summed E-state index contributed by atoms with van der Waals surface area (Å²) < 4.78 is 29.9. The lowest BCUT2D eigenvalue weighted by atomic mass is 10.1. The fourth-order valence-corrected chi connectivity index (χ4v) is 7.22. The number of para-hydroxylation sites is 1. The van der Waals surface area contributed by atoms with E-state index in [4.69, 9.17) is 22.4 Å². The third-order valence-corrected chi connectivity index (χ3v) is 9.56. The molecule has 1 amide bonds. The summed E-state index contributed by atoms with van der Waals surface area (Å²) in [4.78, 5) is 25.9. The predicted molar refractivity (Wildman–Crippen MR) is 149 cm³/mol. The number of aliphatic carboxylic acids is 1. The molecule has 0 atom stereocenters. The van der Waals surface area contributed by atoms with Crippen molar-refractivity contribution in [2.45, 2.75) is 24.2 Å². The second-order valence-corrected chi connectivity index (χ2v) is 12.4. The molecule has 0 saturated carbocycles. The third-order valence-electron chi connectivity index (χ3n) is 6.28. The molecule has 0 bridgehead atoms. The molecule has 2 saturated heterocycles. The summed E-state index contributed by atoms with van der Waals surface area (Å²) in [6.45, 7) is 0.998. The van der Waals surface area contributed by atoms with Crippen LogP contribution in [0.1, 0.15) is 24.8 Å². The smallest absolute Gasteiger partial charge is 0.305 e. The first-order chi connectivity index (χ1) is 18.2. The molecule has 196 valence electrons. The Balaban J connectivity index is 1.56. The maximum atomic E-state index is 13.2. The summed E-state index contributed by atoms with van der Waals surface area (Å²) in [5.41, 5.74) is 2.49. The number of rotatable bonds is 8. The highest BCUT2D eigenvalue weighted by molar-refractivity contribution is 8.26. The van der Waals surface area contributed by atoms with E-state index in [9.17, 15) is 18.0 Å². The largest absolute Gasteiger partial charge is 0.481 e. The van der Waals surface area contributed by atoms with E-state index in [1.54, 1.807) is 41.2 Å². The van der Waals surface area contributed by atoms with E-state index in [0.717, 1.165) is 30.3 Å². The number of carboxylic acids is 1. The summed E-state index contributed by atoms with van der Waals surface area (Å²) in [7, 11) is -3.63. The third kappa shape index (κ3) is 5.30. The van der Waals surface area contributed by atoms with Crippen LogP contribution in [0.25, 0.3) is 23.0 Å². The number of aromatic nitrogens is 2. The normalized spacial score (nSPS) is 17.6. The fraction of sp³-hybridized carbons (Fsp3) is 0.231. The number of thioether (sulfide) groups is 1. The van der Waals surface area contributed by atoms with E-state index in [1.807, 2.05) is 30.3 Å². The summed E-state index contributed by atoms with van der Waals surface area (Å²) in [5, 5.41) is 13.8. The monoisotopic (exact) mass is 568 g/mol. The average molecular weight is 569 g/mol. The summed E-state index contributed by atoms with van der Waals surface area (Å²) in [6.07, 6.45) is 4.92. The second kappa shape index (κ2) is 10.8. The van der Waals surface area contributed by atoms with Gasteiger partial charge < -0.3 is 5.11 Å². The maximum Gasteiger partial charge on any atom is 0.305 e. The lowest BCUT2D eigenvalue weighted by Gasteiger charge is -2.16. The molecular formula is C26H24N4O5S3. The molecule has 5 rings (SSSR count). The van der Waals surface area contributed by atoms with Gasteiger partial charge in [0.15, 0.2) is 0 Å². The molecule has 0 unspecified atom stereocenters. The standard InChI is InChI=1S/C26H24N4O5S3/c31-23(32)11-14-29-25(33)22(37-26(29)36)16-19-17-30(20-8-2-1-3-9-20)27-24(19)18-7-6-10-21(15-18)38(34,35)28-12-4-5-13-28/h1-3,6-10,15-17H,4-5,11-14H2,(H,31,32)/b22-16-. The van der Waals surface area contributed by atoms with Crippen molar-refractivity contribution in [3.63, 3.8) is 0 Å². The molecule has 3 aromatic rings. The lowest BCUT2D eigenvalue weighted by molar-refractivity contribution is -0.137. The van der Waals surface area contributed by atoms with Crippen molar-refractivity contribution in [2.75, 3.05) is 19.6 Å². The first-order valence-corrected chi connectivity index (χ1v) is 14.6. The molecule has 0 radical (unpaired) electrons. The number of hydrogen-bond acceptors (Lipinski definition) is 7. The molecule has 9 nitrogen and oxygen atoms in total. The van der Waals surface area contributed by atoms with Gasteiger partial charge in [0.05, 0.1) is 21.9 Å². The molecule has 2 aliphatic heterocycles. The molecular weight excluding hydrogens is 545 g/mol. The van der Waals surface area contributed by atoms with Gasteiger partial charge in [-0.05, 0) is 43.2 Å². The van der Waals surface area contributed by atoms with Gasteiger partial charge in [-0.2, -0.15) is 9.40 Å². The van der Waals surface area contributed by atoms with Crippen LogP contribution in [0.2, 0.25) is 0 Å². The van der Waals surface area contributed by atoms with Crippen LogP contribution in [0.5, 0.6) is 0 Å². The van der Waals surface area contributed by atoms with E-state index in [-0.39, 0.29) is 23.8 Å². The van der Waals surface area contributed by atoms with Gasteiger partial charge in [0.25, 0.3) is 5.91 Å². The number of carbonyl (C=O) groups excluding carboxylic acids is 1. The number of carboxylic acid groups (broad SMARTS) is 1. The Morgan fingerprint density at radius 2 is 1.84 bits per heavy atom. The van der Waals surface area contributed by atoms with Crippen LogP contribution < -0.4 is 0 Å². The summed E-state index contributed by atoms with van der Waals surface area (Å²) >= 11 is 6.42. The second-order valence-electron chi connectivity index (χ2n) is 8.83. The highest BCUT2D eigenvalue weighted by atomic mass is 32.2. The van der Waals surface area contributed by atoms with Crippen molar-refractivity contribution in [1.29, 1.82) is 0 Å². The topological polar surface area (TPSA) is 113 Å². The number of benzene rings is 2. The van der Waals surface area contributed by atoms with Crippen LogP contribution in [0, 0.1) is 0 Å². The fourth-order valence-electron chi connectivity index (χ4n) is 4.35. The molecule has 0 spiro atoms. The SMILES string of the molecule is O=C(O)CCN1C(=O)/C(=C/c2cn(-c3ccccc3)nc2-c2cccc(S(=O)(=O)N3CCCC3)c2)SC1=S. The summed E-state index contributed by atoms with van der Waals surface area (Å²) in [5.74, 6) is -1.39. The Bertz CT molecular complexity index is 1540. The first-order valence-electron chi connectivity index (χ1n) is 12.0. The van der Waals surface area contributed by atoms with Crippen molar-refractivity contribution in [3.8, 4) is 16.9 Å². The number of nitrogens with zero attached hydrogens (tertiary/aromatic N) is 4. The number of thiocarbonyl (C=S) groups is 1. The first kappa shape index (κ1) is 26.3. The zero-order valence-electron chi connectivity index (χ0n) is 20.2. The van der Waals surface area contributed by atoms with Crippen LogP contribution in [-0.4, -0.2) is 68.3 Å². The molecule has 2 aromatic carbocycles. The van der Waals surface area contributed by atoms with E-state index in [0.29, 0.717) is 39.1 Å². The van der Waals surface area contributed by atoms with Crippen molar-refractivity contribution in [1.82, 2.24) is 19.0 Å². The molecule has 12 heteroatoms. The van der Waals surface area contributed by atoms with Crippen LogP contribution >= 0.6 is 24.0 Å². The Labute approximate surface area is 229 Å². The maximum absolute atomic E-state index is 13.2. The quantitative estimate of drug-likeness (QED) is 0.321. The average Bonchev–Trinajstić information content (AvgIpc) is 3.65. The minimum atomic E-state index is -3.63. The molecule has 38 heavy (non-hydrogen) atoms. The van der Waals surface area contributed by atoms with Crippen LogP contribution in [0.4, 0.5) is 0 Å². The number of hydrogen-bond donors (Lipinski definition) is 1. The predicted octanol–water partition coefficient (Wildman–Crippen LogP) is 4.00. The summed E-state index contributed by atoms with van der Waals surface area (Å²) in [6, 6.07) is 16.1. The van der Waals surface area contributed by atoms with Crippen molar-refractivity contribution >= 4 is 56.3 Å².